The van der Waals surface area contributed by atoms with Gasteiger partial charge in [0.05, 0.1) is 6.04 Å². The SMILES string of the molecule is CC1c2onc(N)c2CCN1C(=O)OC(C)(C)C. The number of carbonyl (C=O) groups is 1. The lowest BCUT2D eigenvalue weighted by molar-refractivity contribution is 0.0131. The standard InChI is InChI=1S/C12H19N3O3/c1-7-9-8(10(13)14-18-9)5-6-15(7)11(16)17-12(2,3)4/h7H,5-6H2,1-4H3,(H2,13,14). The number of hydrogen-bond donors (Lipinski definition) is 1. The Bertz CT molecular complexity index is 462. The zero-order valence-electron chi connectivity index (χ0n) is 11.2. The summed E-state index contributed by atoms with van der Waals surface area (Å²) in [5, 5.41) is 3.74. The molecule has 1 aromatic heterocycles. The van der Waals surface area contributed by atoms with Crippen LogP contribution in [0.15, 0.2) is 4.52 Å². The summed E-state index contributed by atoms with van der Waals surface area (Å²) in [5.41, 5.74) is 6.11. The first kappa shape index (κ1) is 12.7. The van der Waals surface area contributed by atoms with Crippen LogP contribution in [0.1, 0.15) is 45.1 Å². The van der Waals surface area contributed by atoms with Crippen LogP contribution >= 0.6 is 0 Å². The average molecular weight is 253 g/mol. The highest BCUT2D eigenvalue weighted by Gasteiger charge is 2.34. The average Bonchev–Trinajstić information content (AvgIpc) is 2.59. The lowest BCUT2D eigenvalue weighted by atomic mass is 10.0. The van der Waals surface area contributed by atoms with Crippen LogP contribution in [0.25, 0.3) is 0 Å². The van der Waals surface area contributed by atoms with Gasteiger partial charge >= 0.3 is 6.09 Å². The highest BCUT2D eigenvalue weighted by molar-refractivity contribution is 5.69. The predicted molar refractivity (Wildman–Crippen MR) is 66.0 cm³/mol. The van der Waals surface area contributed by atoms with Crippen LogP contribution in [0.3, 0.4) is 0 Å². The first-order valence-corrected chi connectivity index (χ1v) is 6.03. The number of ether oxygens (including phenoxy) is 1. The number of rotatable bonds is 0. The van der Waals surface area contributed by atoms with Gasteiger partial charge in [0.1, 0.15) is 5.60 Å². The highest BCUT2D eigenvalue weighted by atomic mass is 16.6. The third-order valence-electron chi connectivity index (χ3n) is 2.93. The number of nitrogens with two attached hydrogens (primary N) is 1. The van der Waals surface area contributed by atoms with Crippen LogP contribution in [0.4, 0.5) is 10.6 Å². The van der Waals surface area contributed by atoms with Crippen molar-refractivity contribution in [2.75, 3.05) is 12.3 Å². The minimum absolute atomic E-state index is 0.201. The van der Waals surface area contributed by atoms with E-state index in [4.69, 9.17) is 15.0 Å². The van der Waals surface area contributed by atoms with Crippen LogP contribution < -0.4 is 5.73 Å². The second-order valence-corrected chi connectivity index (χ2v) is 5.51. The molecule has 0 saturated carbocycles. The Morgan fingerprint density at radius 1 is 1.56 bits per heavy atom. The third kappa shape index (κ3) is 2.27. The number of carbonyl (C=O) groups excluding carboxylic acids is 1. The Labute approximate surface area is 106 Å². The van der Waals surface area contributed by atoms with Crippen LogP contribution in [0.2, 0.25) is 0 Å². The Morgan fingerprint density at radius 3 is 2.83 bits per heavy atom. The molecule has 1 aliphatic heterocycles. The van der Waals surface area contributed by atoms with E-state index in [1.165, 1.54) is 0 Å². The van der Waals surface area contributed by atoms with Crippen molar-refractivity contribution in [3.63, 3.8) is 0 Å². The number of anilines is 1. The summed E-state index contributed by atoms with van der Waals surface area (Å²) in [4.78, 5) is 13.7. The molecule has 6 nitrogen and oxygen atoms in total. The molecule has 1 atom stereocenters. The number of hydrogen-bond acceptors (Lipinski definition) is 5. The molecule has 0 aliphatic carbocycles. The van der Waals surface area contributed by atoms with Crippen molar-refractivity contribution in [3.8, 4) is 0 Å². The molecular weight excluding hydrogens is 234 g/mol. The predicted octanol–water partition coefficient (Wildman–Crippen LogP) is 2.11. The first-order valence-electron chi connectivity index (χ1n) is 6.03. The van der Waals surface area contributed by atoms with Crippen molar-refractivity contribution in [3.05, 3.63) is 11.3 Å². The molecule has 0 fully saturated rings. The van der Waals surface area contributed by atoms with Gasteiger partial charge in [0.2, 0.25) is 0 Å². The Hall–Kier alpha value is -1.72. The minimum atomic E-state index is -0.502. The fourth-order valence-corrected chi connectivity index (χ4v) is 2.05. The molecule has 0 bridgehead atoms. The van der Waals surface area contributed by atoms with Crippen molar-refractivity contribution in [2.45, 2.75) is 45.8 Å². The molecule has 0 radical (unpaired) electrons. The van der Waals surface area contributed by atoms with Crippen molar-refractivity contribution in [1.29, 1.82) is 0 Å². The van der Waals surface area contributed by atoms with Crippen molar-refractivity contribution in [2.24, 2.45) is 0 Å². The smallest absolute Gasteiger partial charge is 0.410 e. The van der Waals surface area contributed by atoms with Gasteiger partial charge in [-0.25, -0.2) is 4.79 Å². The summed E-state index contributed by atoms with van der Waals surface area (Å²) >= 11 is 0. The fourth-order valence-electron chi connectivity index (χ4n) is 2.05. The van der Waals surface area contributed by atoms with Crippen LogP contribution in [0, 0.1) is 0 Å². The van der Waals surface area contributed by atoms with Gasteiger partial charge in [0, 0.05) is 12.1 Å². The molecule has 100 valence electrons. The number of amides is 1. The summed E-state index contributed by atoms with van der Waals surface area (Å²) in [5.74, 6) is 1.07. The van der Waals surface area contributed by atoms with Gasteiger partial charge in [-0.15, -0.1) is 0 Å². The van der Waals surface area contributed by atoms with E-state index < -0.39 is 5.60 Å². The second kappa shape index (κ2) is 4.19. The summed E-state index contributed by atoms with van der Waals surface area (Å²) in [6.45, 7) is 7.98. The summed E-state index contributed by atoms with van der Waals surface area (Å²) in [6.07, 6.45) is 0.310. The maximum atomic E-state index is 12.1. The molecule has 1 amide bonds. The maximum Gasteiger partial charge on any atom is 0.410 e. The zero-order valence-corrected chi connectivity index (χ0v) is 11.2. The Balaban J connectivity index is 2.17. The van der Waals surface area contributed by atoms with E-state index in [9.17, 15) is 4.79 Å². The van der Waals surface area contributed by atoms with Crippen LogP contribution in [-0.4, -0.2) is 28.3 Å². The quantitative estimate of drug-likeness (QED) is 0.765. The van der Waals surface area contributed by atoms with Crippen molar-refractivity contribution >= 4 is 11.9 Å². The number of fused-ring (bicyclic) bond motifs is 1. The third-order valence-corrected chi connectivity index (χ3v) is 2.93. The lowest BCUT2D eigenvalue weighted by Gasteiger charge is -2.33. The van der Waals surface area contributed by atoms with E-state index >= 15 is 0 Å². The van der Waals surface area contributed by atoms with Gasteiger partial charge in [0.25, 0.3) is 0 Å². The van der Waals surface area contributed by atoms with Gasteiger partial charge in [-0.05, 0) is 34.1 Å². The summed E-state index contributed by atoms with van der Waals surface area (Å²) in [6, 6.07) is -0.201. The molecule has 1 aliphatic rings. The number of nitrogens with zero attached hydrogens (tertiary/aromatic N) is 2. The molecule has 1 aromatic rings. The number of nitrogen functional groups attached to an aromatic ring is 1. The van der Waals surface area contributed by atoms with E-state index in [0.29, 0.717) is 24.5 Å². The van der Waals surface area contributed by atoms with E-state index in [-0.39, 0.29) is 12.1 Å². The van der Waals surface area contributed by atoms with E-state index in [1.54, 1.807) is 4.90 Å². The maximum absolute atomic E-state index is 12.1. The van der Waals surface area contributed by atoms with Gasteiger partial charge < -0.3 is 15.0 Å². The second-order valence-electron chi connectivity index (χ2n) is 5.51. The van der Waals surface area contributed by atoms with E-state index in [0.717, 1.165) is 5.56 Å². The zero-order chi connectivity index (χ0) is 13.5. The molecule has 0 saturated heterocycles. The molecule has 1 unspecified atom stereocenters. The first-order chi connectivity index (χ1) is 8.29. The Morgan fingerprint density at radius 2 is 2.22 bits per heavy atom. The molecule has 2 N–H and O–H groups in total. The summed E-state index contributed by atoms with van der Waals surface area (Å²) < 4.78 is 10.5. The van der Waals surface area contributed by atoms with Crippen LogP contribution in [-0.2, 0) is 11.2 Å². The van der Waals surface area contributed by atoms with Gasteiger partial charge in [-0.1, -0.05) is 5.16 Å². The number of aromatic nitrogens is 1. The molecule has 0 aromatic carbocycles. The highest BCUT2D eigenvalue weighted by Crippen LogP contribution is 2.33. The largest absolute Gasteiger partial charge is 0.444 e. The van der Waals surface area contributed by atoms with Gasteiger partial charge in [-0.2, -0.15) is 0 Å². The molecular formula is C12H19N3O3. The molecule has 18 heavy (non-hydrogen) atoms. The molecule has 0 spiro atoms. The van der Waals surface area contributed by atoms with Gasteiger partial charge in [-0.3, -0.25) is 4.90 Å². The van der Waals surface area contributed by atoms with Crippen molar-refractivity contribution < 1.29 is 14.1 Å². The molecule has 6 heteroatoms. The molecule has 2 heterocycles. The van der Waals surface area contributed by atoms with Crippen LogP contribution in [0.5, 0.6) is 0 Å². The normalized spacial score (nSPS) is 19.6. The summed E-state index contributed by atoms with van der Waals surface area (Å²) in [7, 11) is 0. The molecule has 2 rings (SSSR count). The van der Waals surface area contributed by atoms with E-state index in [2.05, 4.69) is 5.16 Å². The minimum Gasteiger partial charge on any atom is -0.444 e. The van der Waals surface area contributed by atoms with Crippen molar-refractivity contribution in [1.82, 2.24) is 10.1 Å². The lowest BCUT2D eigenvalue weighted by Crippen LogP contribution is -2.41. The topological polar surface area (TPSA) is 81.6 Å². The van der Waals surface area contributed by atoms with Gasteiger partial charge in [0.15, 0.2) is 11.6 Å². The monoisotopic (exact) mass is 253 g/mol. The van der Waals surface area contributed by atoms with E-state index in [1.807, 2.05) is 27.7 Å². The fraction of sp³-hybridized carbons (Fsp3) is 0.667. The Kier molecular flexibility index (Phi) is 2.96.